The van der Waals surface area contributed by atoms with Gasteiger partial charge in [-0.25, -0.2) is 4.98 Å². The number of H-pyrrole nitrogens is 1. The van der Waals surface area contributed by atoms with E-state index >= 15 is 0 Å². The van der Waals surface area contributed by atoms with E-state index in [1.165, 1.54) is 12.8 Å². The molecule has 2 aromatic rings. The Morgan fingerprint density at radius 1 is 1.29 bits per heavy atom. The van der Waals surface area contributed by atoms with E-state index < -0.39 is 0 Å². The molecule has 6 heteroatoms. The molecule has 1 aliphatic rings. The zero-order chi connectivity index (χ0) is 12.0. The quantitative estimate of drug-likeness (QED) is 0.838. The maximum atomic E-state index is 6.23. The Labute approximate surface area is 108 Å². The van der Waals surface area contributed by atoms with E-state index in [2.05, 4.69) is 15.3 Å². The monoisotopic (exact) mass is 271 g/mol. The largest absolute Gasteiger partial charge is 0.480 e. The number of ether oxygens (including phenoxy) is 1. The second-order valence-corrected chi connectivity index (χ2v) is 4.74. The maximum absolute atomic E-state index is 6.23. The first-order valence-electron chi connectivity index (χ1n) is 5.35. The van der Waals surface area contributed by atoms with Crippen molar-refractivity contribution in [1.82, 2.24) is 15.3 Å². The van der Waals surface area contributed by atoms with E-state index in [1.54, 1.807) is 0 Å². The lowest BCUT2D eigenvalue weighted by Gasteiger charge is -2.12. The van der Waals surface area contributed by atoms with Crippen LogP contribution in [-0.2, 0) is 13.0 Å². The van der Waals surface area contributed by atoms with Gasteiger partial charge in [-0.3, -0.25) is 0 Å². The second-order valence-electron chi connectivity index (χ2n) is 3.98. The van der Waals surface area contributed by atoms with Crippen LogP contribution in [0.1, 0.15) is 11.3 Å². The molecule has 0 spiro atoms. The third-order valence-corrected chi connectivity index (χ3v) is 3.85. The summed E-state index contributed by atoms with van der Waals surface area (Å²) in [5, 5.41) is 4.14. The number of methoxy groups -OCH3 is 1. The second kappa shape index (κ2) is 4.05. The van der Waals surface area contributed by atoms with Crippen LogP contribution in [0.15, 0.2) is 0 Å². The number of fused-ring (bicyclic) bond motifs is 3. The standard InChI is InChI=1S/C11H11Cl2N3O/c1-17-11-8(13)7(12)10-9(16-11)5-4-14-3-2-6(5)15-10/h14-15H,2-4H2,1H3. The van der Waals surface area contributed by atoms with Crippen LogP contribution in [0.4, 0.5) is 0 Å². The van der Waals surface area contributed by atoms with E-state index in [1.807, 2.05) is 0 Å². The Kier molecular flexibility index (Phi) is 2.65. The Morgan fingerprint density at radius 2 is 2.12 bits per heavy atom. The fraction of sp³-hybridized carbons (Fsp3) is 0.364. The van der Waals surface area contributed by atoms with Crippen molar-refractivity contribution in [3.05, 3.63) is 21.3 Å². The van der Waals surface area contributed by atoms with Gasteiger partial charge in [0, 0.05) is 30.8 Å². The molecule has 0 fully saturated rings. The minimum atomic E-state index is 0.355. The average Bonchev–Trinajstić information content (AvgIpc) is 2.72. The number of pyridine rings is 1. The van der Waals surface area contributed by atoms with Crippen molar-refractivity contribution in [2.75, 3.05) is 13.7 Å². The molecular formula is C11H11Cl2N3O. The summed E-state index contributed by atoms with van der Waals surface area (Å²) in [6.45, 7) is 1.76. The van der Waals surface area contributed by atoms with Crippen LogP contribution < -0.4 is 10.1 Å². The Bertz CT molecular complexity index is 594. The normalized spacial score (nSPS) is 15.0. The summed E-state index contributed by atoms with van der Waals surface area (Å²) in [5.41, 5.74) is 3.98. The predicted molar refractivity (Wildman–Crippen MR) is 68.1 cm³/mol. The van der Waals surface area contributed by atoms with Gasteiger partial charge in [0.1, 0.15) is 5.02 Å². The van der Waals surface area contributed by atoms with Gasteiger partial charge < -0.3 is 15.0 Å². The van der Waals surface area contributed by atoms with E-state index in [4.69, 9.17) is 27.9 Å². The minimum Gasteiger partial charge on any atom is -0.480 e. The number of halogens is 2. The molecule has 0 amide bonds. The van der Waals surface area contributed by atoms with Gasteiger partial charge in [0.25, 0.3) is 0 Å². The summed E-state index contributed by atoms with van der Waals surface area (Å²) >= 11 is 12.3. The van der Waals surface area contributed by atoms with E-state index in [0.717, 1.165) is 36.1 Å². The molecule has 17 heavy (non-hydrogen) atoms. The summed E-state index contributed by atoms with van der Waals surface area (Å²) in [6.07, 6.45) is 0.946. The van der Waals surface area contributed by atoms with Gasteiger partial charge in [0.05, 0.1) is 23.2 Å². The average molecular weight is 272 g/mol. The van der Waals surface area contributed by atoms with Gasteiger partial charge in [-0.05, 0) is 0 Å². The van der Waals surface area contributed by atoms with Crippen molar-refractivity contribution < 1.29 is 4.74 Å². The first-order chi connectivity index (χ1) is 8.22. The SMILES string of the molecule is COc1nc2c3c([nH]c2c(Cl)c1Cl)CCNC3. The molecule has 4 nitrogen and oxygen atoms in total. The zero-order valence-electron chi connectivity index (χ0n) is 9.23. The highest BCUT2D eigenvalue weighted by molar-refractivity contribution is 6.45. The number of aromatic amines is 1. The Morgan fingerprint density at radius 3 is 2.88 bits per heavy atom. The van der Waals surface area contributed by atoms with Crippen LogP contribution >= 0.6 is 23.2 Å². The fourth-order valence-corrected chi connectivity index (χ4v) is 2.61. The van der Waals surface area contributed by atoms with Crippen LogP contribution in [0.5, 0.6) is 5.88 Å². The van der Waals surface area contributed by atoms with Crippen molar-refractivity contribution in [1.29, 1.82) is 0 Å². The number of aromatic nitrogens is 2. The van der Waals surface area contributed by atoms with Crippen LogP contribution in [0.3, 0.4) is 0 Å². The molecule has 0 bridgehead atoms. The predicted octanol–water partition coefficient (Wildman–Crippen LogP) is 2.52. The van der Waals surface area contributed by atoms with Crippen LogP contribution in [-0.4, -0.2) is 23.6 Å². The highest BCUT2D eigenvalue weighted by atomic mass is 35.5. The molecule has 3 heterocycles. The third kappa shape index (κ3) is 1.59. The van der Waals surface area contributed by atoms with Crippen molar-refractivity contribution in [3.8, 4) is 5.88 Å². The highest BCUT2D eigenvalue weighted by Gasteiger charge is 2.21. The lowest BCUT2D eigenvalue weighted by atomic mass is 10.1. The van der Waals surface area contributed by atoms with E-state index in [0.29, 0.717) is 15.9 Å². The zero-order valence-corrected chi connectivity index (χ0v) is 10.7. The van der Waals surface area contributed by atoms with Crippen LogP contribution in [0, 0.1) is 0 Å². The molecule has 90 valence electrons. The number of nitrogens with one attached hydrogen (secondary N) is 2. The molecule has 0 saturated carbocycles. The molecule has 0 atom stereocenters. The lowest BCUT2D eigenvalue weighted by molar-refractivity contribution is 0.400. The van der Waals surface area contributed by atoms with Gasteiger partial charge >= 0.3 is 0 Å². The van der Waals surface area contributed by atoms with Crippen molar-refractivity contribution in [3.63, 3.8) is 0 Å². The number of hydrogen-bond donors (Lipinski definition) is 2. The molecule has 2 aromatic heterocycles. The summed E-state index contributed by atoms with van der Waals surface area (Å²) in [6, 6.07) is 0. The Hall–Kier alpha value is -0.970. The van der Waals surface area contributed by atoms with Crippen LogP contribution in [0.2, 0.25) is 10.0 Å². The highest BCUT2D eigenvalue weighted by Crippen LogP contribution is 2.38. The maximum Gasteiger partial charge on any atom is 0.234 e. The fourth-order valence-electron chi connectivity index (χ4n) is 2.18. The van der Waals surface area contributed by atoms with Crippen molar-refractivity contribution >= 4 is 34.2 Å². The summed E-state index contributed by atoms with van der Waals surface area (Å²) in [5.74, 6) is 0.372. The van der Waals surface area contributed by atoms with E-state index in [-0.39, 0.29) is 0 Å². The molecule has 0 radical (unpaired) electrons. The third-order valence-electron chi connectivity index (χ3n) is 3.02. The van der Waals surface area contributed by atoms with Gasteiger partial charge in [-0.1, -0.05) is 23.2 Å². The van der Waals surface area contributed by atoms with Gasteiger partial charge in [0.2, 0.25) is 5.88 Å². The lowest BCUT2D eigenvalue weighted by Crippen LogP contribution is -2.23. The summed E-state index contributed by atoms with van der Waals surface area (Å²) in [4.78, 5) is 7.72. The number of nitrogens with zero attached hydrogens (tertiary/aromatic N) is 1. The smallest absolute Gasteiger partial charge is 0.234 e. The van der Waals surface area contributed by atoms with Gasteiger partial charge in [-0.15, -0.1) is 0 Å². The number of rotatable bonds is 1. The summed E-state index contributed by atoms with van der Waals surface area (Å²) < 4.78 is 5.13. The first-order valence-corrected chi connectivity index (χ1v) is 6.11. The molecule has 0 unspecified atom stereocenters. The molecule has 0 aliphatic carbocycles. The summed E-state index contributed by atoms with van der Waals surface area (Å²) in [7, 11) is 1.54. The van der Waals surface area contributed by atoms with Crippen LogP contribution in [0.25, 0.3) is 11.0 Å². The molecular weight excluding hydrogens is 261 g/mol. The van der Waals surface area contributed by atoms with Gasteiger partial charge in [0.15, 0.2) is 0 Å². The Balaban J connectivity index is 2.35. The number of hydrogen-bond acceptors (Lipinski definition) is 3. The molecule has 3 rings (SSSR count). The van der Waals surface area contributed by atoms with E-state index in [9.17, 15) is 0 Å². The van der Waals surface area contributed by atoms with Gasteiger partial charge in [-0.2, -0.15) is 0 Å². The first kappa shape index (κ1) is 11.1. The molecule has 0 aromatic carbocycles. The van der Waals surface area contributed by atoms with Crippen molar-refractivity contribution in [2.45, 2.75) is 13.0 Å². The van der Waals surface area contributed by atoms with Crippen molar-refractivity contribution in [2.24, 2.45) is 0 Å². The topological polar surface area (TPSA) is 49.9 Å². The minimum absolute atomic E-state index is 0.355. The molecule has 2 N–H and O–H groups in total. The molecule has 1 aliphatic heterocycles. The molecule has 0 saturated heterocycles.